The van der Waals surface area contributed by atoms with Gasteiger partial charge in [0.1, 0.15) is 11.1 Å². The zero-order valence-corrected chi connectivity index (χ0v) is 44.6. The van der Waals surface area contributed by atoms with Gasteiger partial charge < -0.3 is 20.1 Å². The van der Waals surface area contributed by atoms with Crippen molar-refractivity contribution in [3.8, 4) is 34.4 Å². The van der Waals surface area contributed by atoms with Gasteiger partial charge in [-0.05, 0) is 162 Å². The Bertz CT molecular complexity index is 3050. The van der Waals surface area contributed by atoms with E-state index in [0.717, 1.165) is 75.6 Å². The van der Waals surface area contributed by atoms with Gasteiger partial charge in [-0.25, -0.2) is 16.8 Å². The maximum Gasteiger partial charge on any atom is 0.417 e. The number of sulfone groups is 2. The molecule has 2 amide bonds. The fourth-order valence-electron chi connectivity index (χ4n) is 11.4. The molecule has 22 heteroatoms. The molecule has 2 N–H and O–H groups in total. The number of aryl methyl sites for hydroxylation is 2. The molecule has 420 valence electrons. The van der Waals surface area contributed by atoms with Crippen LogP contribution in [0.3, 0.4) is 0 Å². The number of hydrogen-bond donors (Lipinski definition) is 2. The van der Waals surface area contributed by atoms with Crippen molar-refractivity contribution >= 4 is 31.5 Å². The van der Waals surface area contributed by atoms with E-state index in [1.54, 1.807) is 38.1 Å². The van der Waals surface area contributed by atoms with Crippen LogP contribution in [0, 0.1) is 48.3 Å². The Hall–Kier alpha value is -5.94. The minimum absolute atomic E-state index is 0. The van der Waals surface area contributed by atoms with Gasteiger partial charge in [0.2, 0.25) is 11.8 Å². The highest BCUT2D eigenvalue weighted by molar-refractivity contribution is 7.92. The van der Waals surface area contributed by atoms with Crippen LogP contribution in [0.25, 0.3) is 22.3 Å². The van der Waals surface area contributed by atoms with Crippen LogP contribution >= 0.6 is 0 Å². The largest absolute Gasteiger partial charge is 0.417 e. The number of nitrogens with zero attached hydrogens (tertiary/aromatic N) is 4. The summed E-state index contributed by atoms with van der Waals surface area (Å²) in [6.45, 7) is 3.43. The molecular weight excluding hydrogens is 1060 g/mol. The lowest BCUT2D eigenvalue weighted by molar-refractivity contribution is -0.140. The number of ether oxygens (including phenoxy) is 2. The molecule has 6 saturated carbocycles. The first-order valence-electron chi connectivity index (χ1n) is 26.4. The number of nitrogens with one attached hydrogen (secondary N) is 2. The summed E-state index contributed by atoms with van der Waals surface area (Å²) in [5, 5.41) is 21.8. The zero-order chi connectivity index (χ0) is 56.0. The van der Waals surface area contributed by atoms with E-state index >= 15 is 0 Å². The summed E-state index contributed by atoms with van der Waals surface area (Å²) in [5.41, 5.74) is -1.71. The van der Waals surface area contributed by atoms with E-state index in [1.807, 2.05) is 0 Å². The molecular formula is C56H64F6N6O8S2. The fourth-order valence-corrected chi connectivity index (χ4v) is 15.4. The number of halogens is 6. The van der Waals surface area contributed by atoms with E-state index in [4.69, 9.17) is 9.47 Å². The standard InChI is InChI=1S/2C28H30F3N3O4S.2H2/c2*1-17-12-19(8-11-33-17)18-6-7-25(23(13-18)28(29,30)31)39(36,37)21-14-22(26(35)34-27(16-32)9-10-27)24(15-21)38-20-4-2-3-5-20;;/h2*6-8,11-13,20-22,24H,2-5,9-10,14-15H2,1H3,(H,34,35);2*1H/t21-,22-,24?;21-,22-,24-;;/m11../s1. The van der Waals surface area contributed by atoms with Gasteiger partial charge >= 0.3 is 12.4 Å². The van der Waals surface area contributed by atoms with Crippen LogP contribution in [-0.2, 0) is 51.1 Å². The third-order valence-corrected chi connectivity index (χ3v) is 20.6. The minimum atomic E-state index is -4.92. The number of carbonyl (C=O) groups excluding carboxylic acids is 2. The molecule has 1 unspecified atom stereocenters. The van der Waals surface area contributed by atoms with Gasteiger partial charge in [0.05, 0.1) is 79.8 Å². The van der Waals surface area contributed by atoms with Crippen molar-refractivity contribution in [2.24, 2.45) is 11.8 Å². The molecule has 14 nitrogen and oxygen atoms in total. The molecule has 0 radical (unpaired) electrons. The molecule has 0 spiro atoms. The van der Waals surface area contributed by atoms with Crippen LogP contribution < -0.4 is 10.6 Å². The first-order valence-corrected chi connectivity index (χ1v) is 29.5. The van der Waals surface area contributed by atoms with Gasteiger partial charge in [0.15, 0.2) is 19.7 Å². The van der Waals surface area contributed by atoms with Crippen molar-refractivity contribution < 1.29 is 65.1 Å². The van der Waals surface area contributed by atoms with Crippen molar-refractivity contribution in [2.45, 2.75) is 185 Å². The predicted molar refractivity (Wildman–Crippen MR) is 276 cm³/mol. The highest BCUT2D eigenvalue weighted by Crippen LogP contribution is 2.46. The first-order chi connectivity index (χ1) is 36.8. The molecule has 0 bridgehead atoms. The number of pyridine rings is 2. The third kappa shape index (κ3) is 12.4. The van der Waals surface area contributed by atoms with E-state index in [-0.39, 0.29) is 51.9 Å². The van der Waals surface area contributed by atoms with E-state index < -0.39 is 110 Å². The number of alkyl halides is 6. The number of rotatable bonds is 14. The topological polar surface area (TPSA) is 218 Å². The summed E-state index contributed by atoms with van der Waals surface area (Å²) in [7, 11) is -8.97. The average molecular weight is 1130 g/mol. The Labute approximate surface area is 452 Å². The second kappa shape index (κ2) is 21.9. The summed E-state index contributed by atoms with van der Waals surface area (Å²) in [6, 6.07) is 17.0. The Balaban J connectivity index is 0.000000225. The summed E-state index contributed by atoms with van der Waals surface area (Å²) >= 11 is 0. The van der Waals surface area contributed by atoms with Crippen LogP contribution in [0.5, 0.6) is 0 Å². The van der Waals surface area contributed by atoms with E-state index in [9.17, 15) is 63.3 Å². The lowest BCUT2D eigenvalue weighted by Gasteiger charge is -2.24. The van der Waals surface area contributed by atoms with Crippen LogP contribution in [0.1, 0.15) is 128 Å². The smallest absolute Gasteiger partial charge is 0.374 e. The molecule has 6 fully saturated rings. The second-order valence-electron chi connectivity index (χ2n) is 21.8. The number of aromatic nitrogens is 2. The molecule has 2 aromatic heterocycles. The second-order valence-corrected chi connectivity index (χ2v) is 26.2. The monoisotopic (exact) mass is 1130 g/mol. The summed E-state index contributed by atoms with van der Waals surface area (Å²) in [4.78, 5) is 32.9. The van der Waals surface area contributed by atoms with Gasteiger partial charge in [0.25, 0.3) is 0 Å². The summed E-state index contributed by atoms with van der Waals surface area (Å²) in [6.07, 6.45) is -0.0686. The summed E-state index contributed by atoms with van der Waals surface area (Å²) < 4.78 is 153. The Morgan fingerprint density at radius 2 is 0.923 bits per heavy atom. The zero-order valence-electron chi connectivity index (χ0n) is 43.0. The lowest BCUT2D eigenvalue weighted by atomic mass is 10.0. The third-order valence-electron chi connectivity index (χ3n) is 16.1. The van der Waals surface area contributed by atoms with Gasteiger partial charge in [-0.15, -0.1) is 0 Å². The first kappa shape index (κ1) is 56.8. The van der Waals surface area contributed by atoms with E-state index in [0.29, 0.717) is 48.2 Å². The maximum absolute atomic E-state index is 14.2. The van der Waals surface area contributed by atoms with Gasteiger partial charge in [-0.3, -0.25) is 19.6 Å². The highest BCUT2D eigenvalue weighted by atomic mass is 32.2. The molecule has 6 aliphatic carbocycles. The minimum Gasteiger partial charge on any atom is -0.374 e. The quantitative estimate of drug-likeness (QED) is 0.113. The van der Waals surface area contributed by atoms with E-state index in [2.05, 4.69) is 32.7 Å². The Morgan fingerprint density at radius 1 is 0.577 bits per heavy atom. The lowest BCUT2D eigenvalue weighted by Crippen LogP contribution is -2.43. The van der Waals surface area contributed by atoms with Crippen molar-refractivity contribution in [1.82, 2.24) is 20.6 Å². The molecule has 78 heavy (non-hydrogen) atoms. The number of carbonyl (C=O) groups is 2. The fraction of sp³-hybridized carbons (Fsp3) is 0.536. The normalized spacial score (nSPS) is 24.8. The SMILES string of the molecule is Cc1cc(-c2ccc(S(=O)(=O)[C@H]3CC(OC4CCCC4)[C@H](C(=O)NC4(C#N)CC4)C3)c(C(F)(F)F)c2)ccn1.Cc1cc(-c2ccc(S(=O)(=O)[C@H]3C[C@@H](OC4CCCC4)[C@H](C(=O)NC4(C#N)CC4)C3)c(C(F)(F)F)c2)ccn1.[HH].[HH]. The Kier molecular flexibility index (Phi) is 16.0. The van der Waals surface area contributed by atoms with Crippen molar-refractivity contribution in [1.29, 1.82) is 10.5 Å². The summed E-state index contributed by atoms with van der Waals surface area (Å²) in [5.74, 6) is -2.70. The highest BCUT2D eigenvalue weighted by Gasteiger charge is 2.54. The van der Waals surface area contributed by atoms with Crippen LogP contribution in [0.15, 0.2) is 82.8 Å². The molecule has 2 aromatic carbocycles. The molecule has 4 aromatic rings. The Morgan fingerprint density at radius 3 is 1.23 bits per heavy atom. The van der Waals surface area contributed by atoms with Gasteiger partial charge in [-0.2, -0.15) is 36.9 Å². The molecule has 0 aliphatic heterocycles. The average Bonchev–Trinajstić information content (AvgIpc) is 3.93. The van der Waals surface area contributed by atoms with Crippen LogP contribution in [0.2, 0.25) is 0 Å². The van der Waals surface area contributed by atoms with Crippen LogP contribution in [0.4, 0.5) is 26.3 Å². The predicted octanol–water partition coefficient (Wildman–Crippen LogP) is 10.7. The molecule has 6 aliphatic rings. The van der Waals surface area contributed by atoms with Gasteiger partial charge in [0, 0.05) is 26.6 Å². The maximum atomic E-state index is 14.2. The molecule has 10 rings (SSSR count). The van der Waals surface area contributed by atoms with Crippen molar-refractivity contribution in [2.75, 3.05) is 0 Å². The molecule has 2 heterocycles. The molecule has 6 atom stereocenters. The number of nitriles is 2. The number of amides is 2. The van der Waals surface area contributed by atoms with Crippen molar-refractivity contribution in [3.05, 3.63) is 95.6 Å². The number of hydrogen-bond acceptors (Lipinski definition) is 12. The number of benzene rings is 2. The molecule has 0 saturated heterocycles. The van der Waals surface area contributed by atoms with Crippen molar-refractivity contribution in [3.63, 3.8) is 0 Å². The van der Waals surface area contributed by atoms with Gasteiger partial charge in [-0.1, -0.05) is 37.8 Å². The van der Waals surface area contributed by atoms with E-state index in [1.165, 1.54) is 24.5 Å². The van der Waals surface area contributed by atoms with Crippen LogP contribution in [-0.4, -0.2) is 84.6 Å².